The molecule has 2 aromatic heterocycles. The van der Waals surface area contributed by atoms with E-state index in [1.807, 2.05) is 17.5 Å². The van der Waals surface area contributed by atoms with Crippen LogP contribution in [-0.4, -0.2) is 21.0 Å². The topological polar surface area (TPSA) is 81.5 Å². The van der Waals surface area contributed by atoms with E-state index in [9.17, 15) is 4.79 Å². The molecular formula is C30H32N2O4S. The van der Waals surface area contributed by atoms with Crippen molar-refractivity contribution in [2.24, 2.45) is 0 Å². The van der Waals surface area contributed by atoms with Crippen LogP contribution in [0, 0.1) is 0 Å². The molecule has 2 heterocycles. The lowest BCUT2D eigenvalue weighted by Gasteiger charge is -2.16. The molecule has 0 amide bonds. The van der Waals surface area contributed by atoms with Gasteiger partial charge in [-0.05, 0) is 48.1 Å². The second-order valence-corrected chi connectivity index (χ2v) is 9.85. The highest BCUT2D eigenvalue weighted by Gasteiger charge is 2.11. The highest BCUT2D eigenvalue weighted by atomic mass is 32.1. The lowest BCUT2D eigenvalue weighted by molar-refractivity contribution is 0.0689. The van der Waals surface area contributed by atoms with Crippen LogP contribution in [0.5, 0.6) is 11.6 Å². The largest absolute Gasteiger partial charge is 0.489 e. The Labute approximate surface area is 222 Å². The summed E-state index contributed by atoms with van der Waals surface area (Å²) in [7, 11) is 0. The zero-order valence-electron chi connectivity index (χ0n) is 21.2. The molecule has 0 bridgehead atoms. The molecule has 4 rings (SSSR count). The standard InChI is InChI=1S/C30H32N2O4S/c1-3-6-22(7-4-2)23-14-16-25(17-15-23)35-18-21-10-12-24(13-11-21)27-20-37-29(32-27)19-36-28-9-5-8-26(31-28)30(33)34/h5,8-17,20,22H,3-4,6-7,18-19H2,1-2H3,(H,33,34). The van der Waals surface area contributed by atoms with Crippen LogP contribution in [0.2, 0.25) is 0 Å². The van der Waals surface area contributed by atoms with Crippen molar-refractivity contribution < 1.29 is 19.4 Å². The summed E-state index contributed by atoms with van der Waals surface area (Å²) in [5, 5.41) is 11.8. The maximum Gasteiger partial charge on any atom is 0.354 e. The van der Waals surface area contributed by atoms with Crippen molar-refractivity contribution in [3.05, 3.63) is 93.9 Å². The molecule has 0 atom stereocenters. The maximum absolute atomic E-state index is 11.1. The van der Waals surface area contributed by atoms with Gasteiger partial charge in [0.05, 0.1) is 5.69 Å². The van der Waals surface area contributed by atoms with Crippen LogP contribution in [0.25, 0.3) is 11.3 Å². The summed E-state index contributed by atoms with van der Waals surface area (Å²) < 4.78 is 11.6. The summed E-state index contributed by atoms with van der Waals surface area (Å²) >= 11 is 1.49. The number of thiazole rings is 1. The first-order valence-electron chi connectivity index (χ1n) is 12.6. The smallest absolute Gasteiger partial charge is 0.354 e. The number of aromatic carboxylic acids is 1. The number of hydrogen-bond acceptors (Lipinski definition) is 6. The van der Waals surface area contributed by atoms with Gasteiger partial charge in [-0.3, -0.25) is 0 Å². The first-order valence-corrected chi connectivity index (χ1v) is 13.5. The summed E-state index contributed by atoms with van der Waals surface area (Å²) in [6, 6.07) is 21.4. The Bertz CT molecular complexity index is 1280. The normalized spacial score (nSPS) is 11.0. The SMILES string of the molecule is CCCC(CCC)c1ccc(OCc2ccc(-c3csc(COc4cccc(C(=O)O)n4)n3)cc2)cc1. The molecule has 1 N–H and O–H groups in total. The van der Waals surface area contributed by atoms with Gasteiger partial charge >= 0.3 is 5.97 Å². The summed E-state index contributed by atoms with van der Waals surface area (Å²) in [5.74, 6) is 0.690. The Morgan fingerprint density at radius 3 is 2.30 bits per heavy atom. The van der Waals surface area contributed by atoms with Crippen LogP contribution in [0.3, 0.4) is 0 Å². The molecule has 0 radical (unpaired) electrons. The second kappa shape index (κ2) is 13.0. The fourth-order valence-corrected chi connectivity index (χ4v) is 4.92. The van der Waals surface area contributed by atoms with Crippen LogP contribution in [0.4, 0.5) is 0 Å². The van der Waals surface area contributed by atoms with Crippen molar-refractivity contribution in [3.63, 3.8) is 0 Å². The monoisotopic (exact) mass is 516 g/mol. The fourth-order valence-electron chi connectivity index (χ4n) is 4.21. The number of benzene rings is 2. The van der Waals surface area contributed by atoms with Gasteiger partial charge in [-0.15, -0.1) is 11.3 Å². The van der Waals surface area contributed by atoms with Gasteiger partial charge in [-0.1, -0.05) is 69.2 Å². The van der Waals surface area contributed by atoms with Crippen molar-refractivity contribution in [1.29, 1.82) is 0 Å². The van der Waals surface area contributed by atoms with Gasteiger partial charge in [0, 0.05) is 17.0 Å². The molecule has 0 aliphatic heterocycles. The third-order valence-electron chi connectivity index (χ3n) is 6.12. The maximum atomic E-state index is 11.1. The molecule has 0 fully saturated rings. The first kappa shape index (κ1) is 26.4. The number of aromatic nitrogens is 2. The van der Waals surface area contributed by atoms with Gasteiger partial charge in [0.25, 0.3) is 0 Å². The van der Waals surface area contributed by atoms with Crippen LogP contribution in [0.1, 0.15) is 72.1 Å². The molecule has 0 saturated carbocycles. The minimum atomic E-state index is -1.09. The van der Waals surface area contributed by atoms with Crippen LogP contribution < -0.4 is 9.47 Å². The zero-order valence-corrected chi connectivity index (χ0v) is 22.0. The Balaban J connectivity index is 1.30. The first-order chi connectivity index (χ1) is 18.1. The highest BCUT2D eigenvalue weighted by Crippen LogP contribution is 2.28. The second-order valence-electron chi connectivity index (χ2n) is 8.91. The van der Waals surface area contributed by atoms with E-state index in [-0.39, 0.29) is 18.2 Å². The zero-order chi connectivity index (χ0) is 26.0. The number of rotatable bonds is 13. The Kier molecular flexibility index (Phi) is 9.27. The van der Waals surface area contributed by atoms with Gasteiger partial charge in [-0.25, -0.2) is 14.8 Å². The number of carbonyl (C=O) groups is 1. The quantitative estimate of drug-likeness (QED) is 0.196. The van der Waals surface area contributed by atoms with Crippen LogP contribution >= 0.6 is 11.3 Å². The molecule has 0 aliphatic rings. The summed E-state index contributed by atoms with van der Waals surface area (Å²) in [6.07, 6.45) is 4.86. The average molecular weight is 517 g/mol. The van der Waals surface area contributed by atoms with Gasteiger partial charge in [-0.2, -0.15) is 0 Å². The van der Waals surface area contributed by atoms with E-state index in [1.54, 1.807) is 12.1 Å². The molecule has 37 heavy (non-hydrogen) atoms. The minimum Gasteiger partial charge on any atom is -0.489 e. The number of carboxylic acid groups (broad SMARTS) is 1. The van der Waals surface area contributed by atoms with E-state index in [0.29, 0.717) is 12.5 Å². The predicted molar refractivity (Wildman–Crippen MR) is 146 cm³/mol. The molecule has 7 heteroatoms. The number of pyridine rings is 1. The van der Waals surface area contributed by atoms with Gasteiger partial charge < -0.3 is 14.6 Å². The van der Waals surface area contributed by atoms with E-state index < -0.39 is 5.97 Å². The summed E-state index contributed by atoms with van der Waals surface area (Å²) in [6.45, 7) is 5.22. The number of carboxylic acids is 1. The van der Waals surface area contributed by atoms with Crippen molar-refractivity contribution in [2.75, 3.05) is 0 Å². The molecule has 0 aliphatic carbocycles. The molecule has 6 nitrogen and oxygen atoms in total. The average Bonchev–Trinajstić information content (AvgIpc) is 3.40. The van der Waals surface area contributed by atoms with E-state index in [4.69, 9.17) is 14.6 Å². The summed E-state index contributed by atoms with van der Waals surface area (Å²) in [5.41, 5.74) is 4.32. The predicted octanol–water partition coefficient (Wildman–Crippen LogP) is 7.75. The Morgan fingerprint density at radius 1 is 0.892 bits per heavy atom. The number of nitrogens with zero attached hydrogens (tertiary/aromatic N) is 2. The third kappa shape index (κ3) is 7.40. The van der Waals surface area contributed by atoms with Crippen molar-refractivity contribution in [2.45, 2.75) is 58.7 Å². The molecule has 2 aromatic carbocycles. The fraction of sp³-hybridized carbons (Fsp3) is 0.300. The summed E-state index contributed by atoms with van der Waals surface area (Å²) in [4.78, 5) is 19.7. The van der Waals surface area contributed by atoms with E-state index in [2.05, 4.69) is 60.2 Å². The van der Waals surface area contributed by atoms with Gasteiger partial charge in [0.15, 0.2) is 5.69 Å². The van der Waals surface area contributed by atoms with Crippen LogP contribution in [-0.2, 0) is 13.2 Å². The Morgan fingerprint density at radius 2 is 1.62 bits per heavy atom. The lowest BCUT2D eigenvalue weighted by Crippen LogP contribution is -2.03. The molecule has 0 saturated heterocycles. The van der Waals surface area contributed by atoms with Crippen molar-refractivity contribution >= 4 is 17.3 Å². The van der Waals surface area contributed by atoms with Gasteiger partial charge in [0.1, 0.15) is 24.0 Å². The molecule has 0 spiro atoms. The number of hydrogen-bond donors (Lipinski definition) is 1. The van der Waals surface area contributed by atoms with Gasteiger partial charge in [0.2, 0.25) is 5.88 Å². The molecule has 0 unspecified atom stereocenters. The minimum absolute atomic E-state index is 0.0500. The van der Waals surface area contributed by atoms with E-state index >= 15 is 0 Å². The van der Waals surface area contributed by atoms with Crippen molar-refractivity contribution in [3.8, 4) is 22.9 Å². The lowest BCUT2D eigenvalue weighted by atomic mass is 9.90. The molecule has 192 valence electrons. The van der Waals surface area contributed by atoms with Crippen LogP contribution in [0.15, 0.2) is 72.1 Å². The number of ether oxygens (including phenoxy) is 2. The Hall–Kier alpha value is -3.71. The highest BCUT2D eigenvalue weighted by molar-refractivity contribution is 7.09. The van der Waals surface area contributed by atoms with E-state index in [1.165, 1.54) is 48.6 Å². The van der Waals surface area contributed by atoms with E-state index in [0.717, 1.165) is 27.6 Å². The van der Waals surface area contributed by atoms with Crippen molar-refractivity contribution in [1.82, 2.24) is 9.97 Å². The molecular weight excluding hydrogens is 484 g/mol. The third-order valence-corrected chi connectivity index (χ3v) is 6.94. The molecule has 4 aromatic rings.